The molecular formula is C36H41ClNNaO3S. The van der Waals surface area contributed by atoms with E-state index in [9.17, 15) is 15.0 Å². The Balaban J connectivity index is 0.000000507. The summed E-state index contributed by atoms with van der Waals surface area (Å²) in [6.07, 6.45) is 8.05. The Bertz CT molecular complexity index is 1510. The van der Waals surface area contributed by atoms with Crippen molar-refractivity contribution in [2.24, 2.45) is 5.41 Å². The molecule has 0 bridgehead atoms. The van der Waals surface area contributed by atoms with Crippen molar-refractivity contribution >= 4 is 53.3 Å². The van der Waals surface area contributed by atoms with Gasteiger partial charge < -0.3 is 15.0 Å². The maximum Gasteiger partial charge on any atom is 1.00 e. The fourth-order valence-electron chi connectivity index (χ4n) is 4.69. The first-order valence-electron chi connectivity index (χ1n) is 14.4. The van der Waals surface area contributed by atoms with Crippen LogP contribution in [-0.2, 0) is 23.2 Å². The monoisotopic (exact) mass is 625 g/mol. The molecule has 4 rings (SSSR count). The van der Waals surface area contributed by atoms with Crippen LogP contribution in [0.5, 0.6) is 0 Å². The number of pyridine rings is 1. The molecule has 43 heavy (non-hydrogen) atoms. The number of halogens is 1. The third kappa shape index (κ3) is 12.1. The van der Waals surface area contributed by atoms with Gasteiger partial charge in [0.05, 0.1) is 16.8 Å². The van der Waals surface area contributed by atoms with E-state index in [2.05, 4.69) is 55.1 Å². The summed E-state index contributed by atoms with van der Waals surface area (Å²) in [5, 5.41) is 22.4. The number of aliphatic carboxylic acids is 1. The van der Waals surface area contributed by atoms with Crippen molar-refractivity contribution in [3.05, 3.63) is 112 Å². The standard InChI is InChI=1S/C29H28ClNO.C7H14O2S.Na/c1-29(2,32)27-12-4-3-10-23(27)11-6-9-21-7-5-8-22(19-21)13-17-26-18-15-24-14-16-25(30)20-28(24)31-26;1-3-7(2,5-10)4-6(8)9;/h3-5,7-8,10,12-20,32H,6,9,11H2,1-2H3;10H,3-5H2,1-2H3,(H,8,9);/q;;+1/p-1/b17-13+;;. The smallest absolute Gasteiger partial charge is 0.550 e. The van der Waals surface area contributed by atoms with Crippen molar-refractivity contribution in [2.75, 3.05) is 5.75 Å². The number of nitrogens with zero attached hydrogens (tertiary/aromatic N) is 1. The Labute approximate surface area is 289 Å². The summed E-state index contributed by atoms with van der Waals surface area (Å²) in [7, 11) is 0. The number of aromatic nitrogens is 1. The average Bonchev–Trinajstić information content (AvgIpc) is 2.96. The Hall–Kier alpha value is -2.12. The van der Waals surface area contributed by atoms with E-state index in [0.29, 0.717) is 10.8 Å². The van der Waals surface area contributed by atoms with Crippen LogP contribution >= 0.6 is 24.2 Å². The van der Waals surface area contributed by atoms with Gasteiger partial charge in [0.25, 0.3) is 0 Å². The largest absolute Gasteiger partial charge is 1.00 e. The molecule has 0 saturated heterocycles. The van der Waals surface area contributed by atoms with Crippen molar-refractivity contribution in [2.45, 2.75) is 65.4 Å². The van der Waals surface area contributed by atoms with Gasteiger partial charge in [0.1, 0.15) is 0 Å². The van der Waals surface area contributed by atoms with Gasteiger partial charge >= 0.3 is 29.6 Å². The van der Waals surface area contributed by atoms with Crippen LogP contribution in [0.1, 0.15) is 74.9 Å². The van der Waals surface area contributed by atoms with E-state index in [0.717, 1.165) is 53.4 Å². The summed E-state index contributed by atoms with van der Waals surface area (Å²) in [5.41, 5.74) is 5.51. The molecule has 0 fully saturated rings. The van der Waals surface area contributed by atoms with Crippen LogP contribution in [0.15, 0.2) is 78.9 Å². The molecule has 222 valence electrons. The molecule has 1 aromatic heterocycles. The molecule has 1 N–H and O–H groups in total. The number of carbonyl (C=O) groups is 1. The van der Waals surface area contributed by atoms with E-state index in [-0.39, 0.29) is 41.4 Å². The minimum atomic E-state index is -0.988. The van der Waals surface area contributed by atoms with Gasteiger partial charge in [-0.15, -0.1) is 0 Å². The van der Waals surface area contributed by atoms with E-state index >= 15 is 0 Å². The number of hydrogen-bond donors (Lipinski definition) is 2. The van der Waals surface area contributed by atoms with Gasteiger partial charge in [-0.2, -0.15) is 12.6 Å². The molecule has 0 saturated carbocycles. The van der Waals surface area contributed by atoms with Gasteiger partial charge in [0.15, 0.2) is 0 Å². The molecule has 0 aliphatic heterocycles. The second-order valence-electron chi connectivity index (χ2n) is 11.6. The zero-order valence-corrected chi connectivity index (χ0v) is 29.6. The fraction of sp³-hybridized carbons (Fsp3) is 0.333. The molecule has 0 aliphatic rings. The number of rotatable bonds is 11. The van der Waals surface area contributed by atoms with Crippen molar-refractivity contribution in [1.82, 2.24) is 4.98 Å². The molecule has 1 heterocycles. The molecule has 0 spiro atoms. The Kier molecular flexibility index (Phi) is 15.0. The number of carbonyl (C=O) groups excluding carboxylic acids is 1. The number of benzene rings is 3. The Morgan fingerprint density at radius 2 is 1.70 bits per heavy atom. The van der Waals surface area contributed by atoms with Gasteiger partial charge in [-0.25, -0.2) is 4.98 Å². The van der Waals surface area contributed by atoms with Crippen LogP contribution in [-0.4, -0.2) is 21.8 Å². The predicted molar refractivity (Wildman–Crippen MR) is 178 cm³/mol. The number of thiol groups is 1. The summed E-state index contributed by atoms with van der Waals surface area (Å²) in [6.45, 7) is 7.55. The topological polar surface area (TPSA) is 73.2 Å². The second-order valence-corrected chi connectivity index (χ2v) is 12.3. The molecule has 1 atom stereocenters. The Morgan fingerprint density at radius 3 is 2.35 bits per heavy atom. The van der Waals surface area contributed by atoms with E-state index in [4.69, 9.17) is 16.6 Å². The van der Waals surface area contributed by atoms with Gasteiger partial charge in [-0.05, 0) is 104 Å². The minimum absolute atomic E-state index is 0. The number of hydrogen-bond acceptors (Lipinski definition) is 5. The van der Waals surface area contributed by atoms with Crippen LogP contribution in [0.3, 0.4) is 0 Å². The third-order valence-electron chi connectivity index (χ3n) is 7.47. The van der Waals surface area contributed by atoms with Gasteiger partial charge in [-0.1, -0.05) is 92.2 Å². The van der Waals surface area contributed by atoms with E-state index in [1.54, 1.807) is 0 Å². The maximum absolute atomic E-state index is 10.4. The van der Waals surface area contributed by atoms with Crippen LogP contribution in [0.4, 0.5) is 0 Å². The van der Waals surface area contributed by atoms with E-state index < -0.39 is 11.6 Å². The van der Waals surface area contributed by atoms with Crippen molar-refractivity contribution < 1.29 is 44.6 Å². The fourth-order valence-corrected chi connectivity index (χ4v) is 5.19. The molecule has 4 aromatic rings. The van der Waals surface area contributed by atoms with Crippen molar-refractivity contribution in [1.29, 1.82) is 0 Å². The molecular weight excluding hydrogens is 585 g/mol. The second kappa shape index (κ2) is 17.4. The molecule has 1 unspecified atom stereocenters. The summed E-state index contributed by atoms with van der Waals surface area (Å²) in [5.74, 6) is -0.393. The summed E-state index contributed by atoms with van der Waals surface area (Å²) in [4.78, 5) is 14.9. The third-order valence-corrected chi connectivity index (χ3v) is 8.47. The van der Waals surface area contributed by atoms with Crippen LogP contribution < -0.4 is 34.7 Å². The van der Waals surface area contributed by atoms with Gasteiger partial charge in [-0.3, -0.25) is 0 Å². The van der Waals surface area contributed by atoms with Crippen LogP contribution in [0.25, 0.3) is 23.1 Å². The number of carboxylic acid groups (broad SMARTS) is 1. The summed E-state index contributed by atoms with van der Waals surface area (Å²) in [6, 6.07) is 26.7. The van der Waals surface area contributed by atoms with Crippen LogP contribution in [0, 0.1) is 5.41 Å². The van der Waals surface area contributed by atoms with E-state index in [1.165, 1.54) is 11.1 Å². The average molecular weight is 626 g/mol. The number of fused-ring (bicyclic) bond motifs is 1. The normalized spacial score (nSPS) is 12.7. The number of aryl methyl sites for hydroxylation is 2. The van der Waals surface area contributed by atoms with Gasteiger partial charge in [0.2, 0.25) is 0 Å². The number of carboxylic acids is 1. The zero-order chi connectivity index (χ0) is 30.8. The molecule has 3 aromatic carbocycles. The summed E-state index contributed by atoms with van der Waals surface area (Å²) < 4.78 is 0. The van der Waals surface area contributed by atoms with Crippen LogP contribution in [0.2, 0.25) is 5.02 Å². The quantitative estimate of drug-likeness (QED) is 0.183. The first-order chi connectivity index (χ1) is 19.9. The Morgan fingerprint density at radius 1 is 0.977 bits per heavy atom. The summed E-state index contributed by atoms with van der Waals surface area (Å²) >= 11 is 10.2. The SMILES string of the molecule is CC(C)(O)c1ccccc1CCCc1cccc(/C=C/c2ccc3ccc(Cl)cc3n2)c1.CCC(C)(CS)CC(=O)[O-].[Na+]. The molecule has 7 heteroatoms. The molecule has 4 nitrogen and oxygen atoms in total. The first-order valence-corrected chi connectivity index (χ1v) is 15.4. The predicted octanol–water partition coefficient (Wildman–Crippen LogP) is 4.94. The maximum atomic E-state index is 10.4. The zero-order valence-electron chi connectivity index (χ0n) is 25.9. The van der Waals surface area contributed by atoms with Crippen molar-refractivity contribution in [3.63, 3.8) is 0 Å². The molecule has 0 radical (unpaired) electrons. The van der Waals surface area contributed by atoms with Gasteiger partial charge in [0, 0.05) is 16.4 Å². The number of aliphatic hydroxyl groups is 1. The van der Waals surface area contributed by atoms with Crippen molar-refractivity contribution in [3.8, 4) is 0 Å². The first kappa shape index (κ1) is 37.1. The molecule has 0 amide bonds. The minimum Gasteiger partial charge on any atom is -0.550 e. The van der Waals surface area contributed by atoms with E-state index in [1.807, 2.05) is 76.2 Å². The molecule has 0 aliphatic carbocycles.